The number of hydrogen-bond acceptors (Lipinski definition) is 6. The average Bonchev–Trinajstić information content (AvgIpc) is 2.68. The predicted molar refractivity (Wildman–Crippen MR) is 92.3 cm³/mol. The standard InChI is InChI=1S/C18H20FN5O2/c19-14-3-1-5-22-16(14)23-8-2-4-18(12-23)13-24(9-10-26-18)17(25)15-11-20-6-7-21-15/h1,3,5-7,11H,2,4,8-10,12-13H2/t18-/m1/s1. The molecular weight excluding hydrogens is 337 g/mol. The molecule has 4 heterocycles. The van der Waals surface area contributed by atoms with E-state index >= 15 is 0 Å². The van der Waals surface area contributed by atoms with Crippen LogP contribution in [0.5, 0.6) is 0 Å². The fourth-order valence-corrected chi connectivity index (χ4v) is 3.73. The largest absolute Gasteiger partial charge is 0.369 e. The number of morpholine rings is 1. The highest BCUT2D eigenvalue weighted by molar-refractivity contribution is 5.92. The van der Waals surface area contributed by atoms with Crippen LogP contribution in [0, 0.1) is 5.82 Å². The summed E-state index contributed by atoms with van der Waals surface area (Å²) in [5.74, 6) is -0.151. The Hall–Kier alpha value is -2.61. The molecule has 7 nitrogen and oxygen atoms in total. The van der Waals surface area contributed by atoms with Crippen LogP contribution in [0.4, 0.5) is 10.2 Å². The van der Waals surface area contributed by atoms with Crippen LogP contribution in [-0.2, 0) is 4.74 Å². The molecule has 2 aliphatic rings. The van der Waals surface area contributed by atoms with E-state index in [1.807, 2.05) is 4.90 Å². The predicted octanol–water partition coefficient (Wildman–Crippen LogP) is 1.52. The zero-order valence-corrected chi connectivity index (χ0v) is 14.3. The Kier molecular flexibility index (Phi) is 4.50. The molecular formula is C18H20FN5O2. The van der Waals surface area contributed by atoms with Crippen molar-refractivity contribution >= 4 is 11.7 Å². The van der Waals surface area contributed by atoms with Crippen molar-refractivity contribution < 1.29 is 13.9 Å². The highest BCUT2D eigenvalue weighted by atomic mass is 19.1. The van der Waals surface area contributed by atoms with Gasteiger partial charge in [-0.25, -0.2) is 14.4 Å². The molecule has 2 aromatic rings. The maximum absolute atomic E-state index is 14.1. The topological polar surface area (TPSA) is 71.5 Å². The Morgan fingerprint density at radius 2 is 2.12 bits per heavy atom. The van der Waals surface area contributed by atoms with E-state index in [0.717, 1.165) is 19.4 Å². The zero-order valence-electron chi connectivity index (χ0n) is 14.3. The summed E-state index contributed by atoms with van der Waals surface area (Å²) in [6, 6.07) is 2.99. The summed E-state index contributed by atoms with van der Waals surface area (Å²) in [6.07, 6.45) is 7.78. The molecule has 136 valence electrons. The average molecular weight is 357 g/mol. The highest BCUT2D eigenvalue weighted by Crippen LogP contribution is 2.32. The van der Waals surface area contributed by atoms with Gasteiger partial charge in [0.15, 0.2) is 11.6 Å². The number of pyridine rings is 1. The lowest BCUT2D eigenvalue weighted by molar-refractivity contribution is -0.105. The normalized spacial score (nSPS) is 23.3. The number of halogens is 1. The van der Waals surface area contributed by atoms with Crippen molar-refractivity contribution in [2.24, 2.45) is 0 Å². The molecule has 1 spiro atoms. The van der Waals surface area contributed by atoms with Gasteiger partial charge >= 0.3 is 0 Å². The molecule has 0 bridgehead atoms. The molecule has 0 saturated carbocycles. The Morgan fingerprint density at radius 3 is 2.92 bits per heavy atom. The number of aromatic nitrogens is 3. The Bertz CT molecular complexity index is 786. The van der Waals surface area contributed by atoms with Gasteiger partial charge in [0.1, 0.15) is 11.3 Å². The lowest BCUT2D eigenvalue weighted by Gasteiger charge is -2.48. The number of amides is 1. The van der Waals surface area contributed by atoms with Crippen LogP contribution < -0.4 is 4.90 Å². The minimum absolute atomic E-state index is 0.151. The van der Waals surface area contributed by atoms with Crippen LogP contribution in [0.2, 0.25) is 0 Å². The first-order chi connectivity index (χ1) is 12.7. The maximum Gasteiger partial charge on any atom is 0.274 e. The third-order valence-electron chi connectivity index (χ3n) is 4.90. The van der Waals surface area contributed by atoms with Gasteiger partial charge in [0.25, 0.3) is 5.91 Å². The van der Waals surface area contributed by atoms with E-state index in [2.05, 4.69) is 15.0 Å². The van der Waals surface area contributed by atoms with Crippen LogP contribution in [0.25, 0.3) is 0 Å². The van der Waals surface area contributed by atoms with Gasteiger partial charge in [-0.05, 0) is 25.0 Å². The van der Waals surface area contributed by atoms with Gasteiger partial charge in [-0.3, -0.25) is 9.78 Å². The van der Waals surface area contributed by atoms with Crippen molar-refractivity contribution in [2.75, 3.05) is 37.7 Å². The minimum atomic E-state index is -0.516. The fraction of sp³-hybridized carbons (Fsp3) is 0.444. The van der Waals surface area contributed by atoms with Crippen LogP contribution in [0.15, 0.2) is 36.9 Å². The lowest BCUT2D eigenvalue weighted by Crippen LogP contribution is -2.61. The van der Waals surface area contributed by atoms with Crippen molar-refractivity contribution in [1.29, 1.82) is 0 Å². The summed E-state index contributed by atoms with van der Waals surface area (Å²) in [5.41, 5.74) is -0.189. The number of piperidine rings is 1. The molecule has 2 aliphatic heterocycles. The van der Waals surface area contributed by atoms with Gasteiger partial charge < -0.3 is 14.5 Å². The second-order valence-corrected chi connectivity index (χ2v) is 6.68. The summed E-state index contributed by atoms with van der Waals surface area (Å²) in [5, 5.41) is 0. The third-order valence-corrected chi connectivity index (χ3v) is 4.90. The molecule has 0 unspecified atom stereocenters. The number of nitrogens with zero attached hydrogens (tertiary/aromatic N) is 5. The smallest absolute Gasteiger partial charge is 0.274 e. The first-order valence-electron chi connectivity index (χ1n) is 8.72. The first kappa shape index (κ1) is 16.8. The van der Waals surface area contributed by atoms with Gasteiger partial charge in [0.05, 0.1) is 25.9 Å². The van der Waals surface area contributed by atoms with E-state index in [-0.39, 0.29) is 11.7 Å². The molecule has 0 N–H and O–H groups in total. The second-order valence-electron chi connectivity index (χ2n) is 6.68. The van der Waals surface area contributed by atoms with E-state index in [9.17, 15) is 9.18 Å². The maximum atomic E-state index is 14.1. The second kappa shape index (κ2) is 6.95. The van der Waals surface area contributed by atoms with Gasteiger partial charge in [0, 0.05) is 31.7 Å². The quantitative estimate of drug-likeness (QED) is 0.812. The summed E-state index contributed by atoms with van der Waals surface area (Å²) in [6.45, 7) is 2.63. The summed E-state index contributed by atoms with van der Waals surface area (Å²) in [7, 11) is 0. The summed E-state index contributed by atoms with van der Waals surface area (Å²) < 4.78 is 20.2. The molecule has 26 heavy (non-hydrogen) atoms. The van der Waals surface area contributed by atoms with E-state index in [0.29, 0.717) is 37.8 Å². The Labute approximate surface area is 150 Å². The van der Waals surface area contributed by atoms with Crippen molar-refractivity contribution in [3.05, 3.63) is 48.4 Å². The zero-order chi connectivity index (χ0) is 18.0. The van der Waals surface area contributed by atoms with Crippen molar-refractivity contribution in [1.82, 2.24) is 19.9 Å². The highest BCUT2D eigenvalue weighted by Gasteiger charge is 2.42. The fourth-order valence-electron chi connectivity index (χ4n) is 3.73. The van der Waals surface area contributed by atoms with Gasteiger partial charge in [-0.15, -0.1) is 0 Å². The third kappa shape index (κ3) is 3.24. The summed E-state index contributed by atoms with van der Waals surface area (Å²) in [4.78, 5) is 28.6. The van der Waals surface area contributed by atoms with Gasteiger partial charge in [-0.2, -0.15) is 0 Å². The van der Waals surface area contributed by atoms with Gasteiger partial charge in [-0.1, -0.05) is 0 Å². The van der Waals surface area contributed by atoms with E-state index in [4.69, 9.17) is 4.74 Å². The van der Waals surface area contributed by atoms with Crippen LogP contribution in [0.1, 0.15) is 23.3 Å². The number of hydrogen-bond donors (Lipinski definition) is 0. The number of anilines is 1. The number of rotatable bonds is 2. The molecule has 0 aliphatic carbocycles. The van der Waals surface area contributed by atoms with Crippen molar-refractivity contribution in [3.63, 3.8) is 0 Å². The molecule has 0 aromatic carbocycles. The SMILES string of the molecule is O=C(c1cnccn1)N1CCO[C@@]2(CCCN(c3ncccc3F)C2)C1. The Balaban J connectivity index is 1.52. The van der Waals surface area contributed by atoms with Crippen LogP contribution in [-0.4, -0.2) is 64.1 Å². The van der Waals surface area contributed by atoms with E-state index in [1.54, 1.807) is 17.2 Å². The molecule has 2 fully saturated rings. The summed E-state index contributed by atoms with van der Waals surface area (Å²) >= 11 is 0. The van der Waals surface area contributed by atoms with E-state index in [1.165, 1.54) is 24.7 Å². The molecule has 2 saturated heterocycles. The lowest BCUT2D eigenvalue weighted by atomic mass is 9.90. The van der Waals surface area contributed by atoms with Crippen molar-refractivity contribution in [3.8, 4) is 0 Å². The molecule has 4 rings (SSSR count). The van der Waals surface area contributed by atoms with Crippen molar-refractivity contribution in [2.45, 2.75) is 18.4 Å². The van der Waals surface area contributed by atoms with E-state index < -0.39 is 5.60 Å². The number of carbonyl (C=O) groups is 1. The molecule has 1 atom stereocenters. The number of ether oxygens (including phenoxy) is 1. The number of carbonyl (C=O) groups excluding carboxylic acids is 1. The van der Waals surface area contributed by atoms with Gasteiger partial charge in [0.2, 0.25) is 0 Å². The van der Waals surface area contributed by atoms with Crippen LogP contribution in [0.3, 0.4) is 0 Å². The molecule has 8 heteroatoms. The molecule has 1 amide bonds. The Morgan fingerprint density at radius 1 is 1.19 bits per heavy atom. The monoisotopic (exact) mass is 357 g/mol. The van der Waals surface area contributed by atoms with Crippen LogP contribution >= 0.6 is 0 Å². The molecule has 0 radical (unpaired) electrons. The first-order valence-corrected chi connectivity index (χ1v) is 8.72. The minimum Gasteiger partial charge on any atom is -0.369 e. The molecule has 2 aromatic heterocycles.